The molecule has 0 aliphatic heterocycles. The van der Waals surface area contributed by atoms with Crippen LogP contribution in [-0.2, 0) is 6.54 Å². The van der Waals surface area contributed by atoms with Crippen LogP contribution in [0.15, 0.2) is 30.5 Å². The van der Waals surface area contributed by atoms with E-state index in [0.29, 0.717) is 0 Å². The fraction of sp³-hybridized carbons (Fsp3) is 0.200. The Bertz CT molecular complexity index is 707. The number of benzene rings is 1. The van der Waals surface area contributed by atoms with Crippen molar-refractivity contribution in [3.63, 3.8) is 0 Å². The van der Waals surface area contributed by atoms with Crippen LogP contribution in [0.5, 0.6) is 0 Å². The van der Waals surface area contributed by atoms with Gasteiger partial charge in [-0.25, -0.2) is 9.37 Å². The second kappa shape index (κ2) is 6.94. The van der Waals surface area contributed by atoms with Crippen molar-refractivity contribution in [2.24, 2.45) is 0 Å². The van der Waals surface area contributed by atoms with Gasteiger partial charge < -0.3 is 10.2 Å². The largest absolute Gasteiger partial charge is 0.362 e. The van der Waals surface area contributed by atoms with Gasteiger partial charge in [0.15, 0.2) is 0 Å². The number of aromatic nitrogens is 1. The molecule has 1 aromatic carbocycles. The number of anilines is 1. The summed E-state index contributed by atoms with van der Waals surface area (Å²) in [6, 6.07) is 5.87. The molecule has 1 aromatic heterocycles. The average molecular weight is 342 g/mol. The molecular formula is C15H14Cl2FN3O. The van der Waals surface area contributed by atoms with Crippen LogP contribution in [-0.4, -0.2) is 25.0 Å². The van der Waals surface area contributed by atoms with Crippen LogP contribution in [0, 0.1) is 5.82 Å². The van der Waals surface area contributed by atoms with Gasteiger partial charge in [0, 0.05) is 32.4 Å². The van der Waals surface area contributed by atoms with E-state index in [1.807, 2.05) is 25.1 Å². The summed E-state index contributed by atoms with van der Waals surface area (Å²) in [5.41, 5.74) is 0.880. The van der Waals surface area contributed by atoms with Crippen LogP contribution >= 0.6 is 23.2 Å². The number of carbonyl (C=O) groups excluding carboxylic acids is 1. The fourth-order valence-electron chi connectivity index (χ4n) is 1.94. The van der Waals surface area contributed by atoms with Gasteiger partial charge in [0.25, 0.3) is 5.91 Å². The molecule has 116 valence electrons. The Hall–Kier alpha value is -1.85. The van der Waals surface area contributed by atoms with Gasteiger partial charge in [-0.15, -0.1) is 0 Å². The van der Waals surface area contributed by atoms with Gasteiger partial charge in [0.2, 0.25) is 0 Å². The summed E-state index contributed by atoms with van der Waals surface area (Å²) in [6.07, 6.45) is 1.67. The normalized spacial score (nSPS) is 10.4. The lowest BCUT2D eigenvalue weighted by Crippen LogP contribution is -2.25. The third-order valence-corrected chi connectivity index (χ3v) is 3.59. The molecular weight excluding hydrogens is 328 g/mol. The number of nitrogens with one attached hydrogen (secondary N) is 1. The standard InChI is InChI=1S/C15H14Cl2FN3O/c1-21(2)14-9(4-3-5-19-14)8-20-15(22)10-6-13(18)12(17)7-11(10)16/h3-7H,8H2,1-2H3,(H,20,22). The number of rotatable bonds is 4. The van der Waals surface area contributed by atoms with Crippen molar-refractivity contribution >= 4 is 34.9 Å². The number of nitrogens with zero attached hydrogens (tertiary/aromatic N) is 2. The zero-order valence-corrected chi connectivity index (χ0v) is 13.5. The molecule has 2 aromatic rings. The zero-order valence-electron chi connectivity index (χ0n) is 12.0. The number of carbonyl (C=O) groups is 1. The van der Waals surface area contributed by atoms with Crippen molar-refractivity contribution in [3.8, 4) is 0 Å². The van der Waals surface area contributed by atoms with Gasteiger partial charge in [-0.3, -0.25) is 4.79 Å². The zero-order chi connectivity index (χ0) is 16.3. The lowest BCUT2D eigenvalue weighted by atomic mass is 10.2. The molecule has 1 heterocycles. The summed E-state index contributed by atoms with van der Waals surface area (Å²) < 4.78 is 13.5. The van der Waals surface area contributed by atoms with E-state index < -0.39 is 11.7 Å². The van der Waals surface area contributed by atoms with Crippen molar-refractivity contribution in [1.29, 1.82) is 0 Å². The van der Waals surface area contributed by atoms with Crippen molar-refractivity contribution in [2.45, 2.75) is 6.54 Å². The Labute approximate surface area is 137 Å². The summed E-state index contributed by atoms with van der Waals surface area (Å²) in [5.74, 6) is -0.420. The van der Waals surface area contributed by atoms with Crippen molar-refractivity contribution in [1.82, 2.24) is 10.3 Å². The molecule has 4 nitrogen and oxygen atoms in total. The predicted molar refractivity (Wildman–Crippen MR) is 86.2 cm³/mol. The van der Waals surface area contributed by atoms with Crippen LogP contribution in [0.2, 0.25) is 10.0 Å². The average Bonchev–Trinajstić information content (AvgIpc) is 2.48. The molecule has 0 unspecified atom stereocenters. The lowest BCUT2D eigenvalue weighted by molar-refractivity contribution is 0.0950. The van der Waals surface area contributed by atoms with E-state index in [9.17, 15) is 9.18 Å². The van der Waals surface area contributed by atoms with Crippen LogP contribution in [0.3, 0.4) is 0 Å². The second-order valence-corrected chi connectivity index (χ2v) is 5.62. The van der Waals surface area contributed by atoms with Crippen molar-refractivity contribution in [2.75, 3.05) is 19.0 Å². The Morgan fingerprint density at radius 1 is 1.32 bits per heavy atom. The molecule has 0 spiro atoms. The van der Waals surface area contributed by atoms with Crippen molar-refractivity contribution < 1.29 is 9.18 Å². The summed E-state index contributed by atoms with van der Waals surface area (Å²) in [4.78, 5) is 18.2. The molecule has 0 atom stereocenters. The smallest absolute Gasteiger partial charge is 0.253 e. The molecule has 22 heavy (non-hydrogen) atoms. The number of hydrogen-bond acceptors (Lipinski definition) is 3. The maximum atomic E-state index is 13.5. The van der Waals surface area contributed by atoms with E-state index in [1.54, 1.807) is 12.3 Å². The maximum Gasteiger partial charge on any atom is 0.253 e. The minimum Gasteiger partial charge on any atom is -0.362 e. The first-order valence-corrected chi connectivity index (χ1v) is 7.19. The van der Waals surface area contributed by atoms with Crippen LogP contribution in [0.25, 0.3) is 0 Å². The monoisotopic (exact) mass is 341 g/mol. The lowest BCUT2D eigenvalue weighted by Gasteiger charge is -2.16. The first kappa shape index (κ1) is 16.5. The molecule has 0 aliphatic carbocycles. The summed E-state index contributed by atoms with van der Waals surface area (Å²) in [6.45, 7) is 0.251. The van der Waals surface area contributed by atoms with Gasteiger partial charge >= 0.3 is 0 Å². The Kier molecular flexibility index (Phi) is 5.21. The van der Waals surface area contributed by atoms with E-state index in [0.717, 1.165) is 17.4 Å². The number of amides is 1. The van der Waals surface area contributed by atoms with Crippen LogP contribution in [0.1, 0.15) is 15.9 Å². The molecule has 0 saturated heterocycles. The third-order valence-electron chi connectivity index (χ3n) is 2.99. The summed E-state index contributed by atoms with van der Waals surface area (Å²) in [5, 5.41) is 2.68. The molecule has 0 aliphatic rings. The first-order chi connectivity index (χ1) is 10.4. The molecule has 2 rings (SSSR count). The SMILES string of the molecule is CN(C)c1ncccc1CNC(=O)c1cc(F)c(Cl)cc1Cl. The van der Waals surface area contributed by atoms with Crippen molar-refractivity contribution in [3.05, 3.63) is 57.5 Å². The Balaban J connectivity index is 2.16. The van der Waals surface area contributed by atoms with Gasteiger partial charge in [0.1, 0.15) is 11.6 Å². The summed E-state index contributed by atoms with van der Waals surface area (Å²) in [7, 11) is 3.72. The van der Waals surface area contributed by atoms with Gasteiger partial charge in [-0.05, 0) is 18.2 Å². The highest BCUT2D eigenvalue weighted by atomic mass is 35.5. The van der Waals surface area contributed by atoms with Crippen LogP contribution in [0.4, 0.5) is 10.2 Å². The van der Waals surface area contributed by atoms with Gasteiger partial charge in [-0.2, -0.15) is 0 Å². The van der Waals surface area contributed by atoms with Gasteiger partial charge in [-0.1, -0.05) is 29.3 Å². The number of pyridine rings is 1. The molecule has 0 bridgehead atoms. The highest BCUT2D eigenvalue weighted by Gasteiger charge is 2.15. The Morgan fingerprint density at radius 3 is 2.73 bits per heavy atom. The van der Waals surface area contributed by atoms with E-state index in [4.69, 9.17) is 23.2 Å². The molecule has 7 heteroatoms. The fourth-order valence-corrected chi connectivity index (χ4v) is 2.41. The number of hydrogen-bond donors (Lipinski definition) is 1. The third kappa shape index (κ3) is 3.67. The molecule has 0 fully saturated rings. The quantitative estimate of drug-likeness (QED) is 0.865. The van der Waals surface area contributed by atoms with E-state index in [-0.39, 0.29) is 22.2 Å². The van der Waals surface area contributed by atoms with E-state index >= 15 is 0 Å². The first-order valence-electron chi connectivity index (χ1n) is 6.44. The molecule has 1 amide bonds. The molecule has 0 saturated carbocycles. The minimum absolute atomic E-state index is 0.0406. The minimum atomic E-state index is -0.688. The number of halogens is 3. The summed E-state index contributed by atoms with van der Waals surface area (Å²) >= 11 is 11.5. The maximum absolute atomic E-state index is 13.5. The Morgan fingerprint density at radius 2 is 2.05 bits per heavy atom. The molecule has 1 N–H and O–H groups in total. The highest BCUT2D eigenvalue weighted by molar-refractivity contribution is 6.36. The van der Waals surface area contributed by atoms with E-state index in [1.165, 1.54) is 6.07 Å². The highest BCUT2D eigenvalue weighted by Crippen LogP contribution is 2.24. The second-order valence-electron chi connectivity index (χ2n) is 4.81. The van der Waals surface area contributed by atoms with Gasteiger partial charge in [0.05, 0.1) is 15.6 Å². The van der Waals surface area contributed by atoms with Crippen LogP contribution < -0.4 is 10.2 Å². The molecule has 0 radical (unpaired) electrons. The predicted octanol–water partition coefficient (Wildman–Crippen LogP) is 3.52. The topological polar surface area (TPSA) is 45.2 Å². The van der Waals surface area contributed by atoms with E-state index in [2.05, 4.69) is 10.3 Å².